The molecule has 8 nitrogen and oxygen atoms in total. The number of nitrogens with zero attached hydrogens (tertiary/aromatic N) is 3. The van der Waals surface area contributed by atoms with Gasteiger partial charge in [0.05, 0.1) is 35.0 Å². The number of aliphatic imine (C=N–C) groups is 1. The van der Waals surface area contributed by atoms with E-state index in [1.165, 1.54) is 27.2 Å². The first-order valence-electron chi connectivity index (χ1n) is 11.9. The van der Waals surface area contributed by atoms with Crippen molar-refractivity contribution in [2.75, 3.05) is 26.3 Å². The Kier molecular flexibility index (Phi) is 6.68. The highest BCUT2D eigenvalue weighted by Gasteiger charge is 2.26. The zero-order valence-electron chi connectivity index (χ0n) is 20.6. The van der Waals surface area contributed by atoms with Gasteiger partial charge in [-0.1, -0.05) is 30.3 Å². The number of sulfonamides is 1. The highest BCUT2D eigenvalue weighted by atomic mass is 32.2. The Balaban J connectivity index is 1.60. The Morgan fingerprint density at radius 3 is 2.38 bits per heavy atom. The van der Waals surface area contributed by atoms with Crippen LogP contribution >= 0.6 is 0 Å². The predicted octanol–water partition coefficient (Wildman–Crippen LogP) is 4.08. The van der Waals surface area contributed by atoms with Gasteiger partial charge in [0.25, 0.3) is 5.56 Å². The SMILES string of the molecule is Cc1ccc(-n2c(O)c(C=Nc3cccc(S(=O)(=O)N4CCOCC4)c3)c3ccccc3c2=O)cc1C. The van der Waals surface area contributed by atoms with E-state index < -0.39 is 10.0 Å². The molecule has 4 aromatic rings. The van der Waals surface area contributed by atoms with Gasteiger partial charge in [-0.25, -0.2) is 13.0 Å². The molecule has 0 unspecified atom stereocenters. The number of ether oxygens (including phenoxy) is 1. The Hall–Kier alpha value is -3.79. The fourth-order valence-electron chi connectivity index (χ4n) is 4.39. The molecule has 1 aliphatic heterocycles. The van der Waals surface area contributed by atoms with Gasteiger partial charge in [-0.3, -0.25) is 9.79 Å². The molecule has 190 valence electrons. The quantitative estimate of drug-likeness (QED) is 0.402. The van der Waals surface area contributed by atoms with Crippen molar-refractivity contribution in [3.05, 3.63) is 93.8 Å². The number of rotatable bonds is 5. The Morgan fingerprint density at radius 1 is 0.919 bits per heavy atom. The van der Waals surface area contributed by atoms with E-state index in [0.29, 0.717) is 54.0 Å². The lowest BCUT2D eigenvalue weighted by Gasteiger charge is -2.26. The van der Waals surface area contributed by atoms with Gasteiger partial charge in [-0.05, 0) is 61.4 Å². The summed E-state index contributed by atoms with van der Waals surface area (Å²) in [4.78, 5) is 18.0. The average Bonchev–Trinajstić information content (AvgIpc) is 2.91. The minimum Gasteiger partial charge on any atom is -0.494 e. The van der Waals surface area contributed by atoms with Crippen LogP contribution in [0.4, 0.5) is 5.69 Å². The minimum atomic E-state index is -3.68. The molecule has 0 spiro atoms. The van der Waals surface area contributed by atoms with Crippen LogP contribution in [0.5, 0.6) is 5.88 Å². The molecule has 0 atom stereocenters. The van der Waals surface area contributed by atoms with Gasteiger partial charge in [-0.2, -0.15) is 4.31 Å². The van der Waals surface area contributed by atoms with E-state index in [1.54, 1.807) is 42.5 Å². The number of hydrogen-bond donors (Lipinski definition) is 1. The number of aromatic nitrogens is 1. The van der Waals surface area contributed by atoms with E-state index in [0.717, 1.165) is 11.1 Å². The van der Waals surface area contributed by atoms with Crippen molar-refractivity contribution < 1.29 is 18.3 Å². The molecule has 9 heteroatoms. The Morgan fingerprint density at radius 2 is 1.65 bits per heavy atom. The van der Waals surface area contributed by atoms with Crippen molar-refractivity contribution in [1.29, 1.82) is 0 Å². The number of hydrogen-bond acceptors (Lipinski definition) is 6. The molecule has 1 aromatic heterocycles. The summed E-state index contributed by atoms with van der Waals surface area (Å²) >= 11 is 0. The van der Waals surface area contributed by atoms with Crippen LogP contribution in [0, 0.1) is 13.8 Å². The van der Waals surface area contributed by atoms with Gasteiger partial charge in [-0.15, -0.1) is 0 Å². The molecular weight excluding hydrogens is 490 g/mol. The molecule has 1 N–H and O–H groups in total. The Bertz CT molecular complexity index is 1690. The zero-order valence-corrected chi connectivity index (χ0v) is 21.4. The second-order valence-electron chi connectivity index (χ2n) is 8.96. The maximum atomic E-state index is 13.4. The van der Waals surface area contributed by atoms with Gasteiger partial charge < -0.3 is 9.84 Å². The maximum absolute atomic E-state index is 13.4. The van der Waals surface area contributed by atoms with Gasteiger partial charge >= 0.3 is 0 Å². The first kappa shape index (κ1) is 24.9. The Labute approximate surface area is 215 Å². The lowest BCUT2D eigenvalue weighted by molar-refractivity contribution is 0.0730. The molecule has 1 saturated heterocycles. The van der Waals surface area contributed by atoms with Gasteiger partial charge in [0.2, 0.25) is 15.9 Å². The minimum absolute atomic E-state index is 0.137. The second-order valence-corrected chi connectivity index (χ2v) is 10.9. The first-order valence-corrected chi connectivity index (χ1v) is 13.4. The highest BCUT2D eigenvalue weighted by molar-refractivity contribution is 7.89. The fourth-order valence-corrected chi connectivity index (χ4v) is 5.84. The van der Waals surface area contributed by atoms with Gasteiger partial charge in [0.15, 0.2) is 0 Å². The highest BCUT2D eigenvalue weighted by Crippen LogP contribution is 2.28. The summed E-state index contributed by atoms with van der Waals surface area (Å²) in [6.45, 7) is 5.25. The van der Waals surface area contributed by atoms with Crippen LogP contribution in [0.2, 0.25) is 0 Å². The van der Waals surface area contributed by atoms with Crippen molar-refractivity contribution in [1.82, 2.24) is 8.87 Å². The summed E-state index contributed by atoms with van der Waals surface area (Å²) in [5.41, 5.74) is 3.03. The predicted molar refractivity (Wildman–Crippen MR) is 144 cm³/mol. The van der Waals surface area contributed by atoms with E-state index in [2.05, 4.69) is 4.99 Å². The lowest BCUT2D eigenvalue weighted by atomic mass is 10.1. The normalized spacial score (nSPS) is 15.0. The fraction of sp³-hybridized carbons (Fsp3) is 0.214. The average molecular weight is 518 g/mol. The number of morpholine rings is 1. The van der Waals surface area contributed by atoms with E-state index in [-0.39, 0.29) is 16.3 Å². The molecule has 2 heterocycles. The molecule has 1 aliphatic rings. The third-order valence-electron chi connectivity index (χ3n) is 6.62. The number of fused-ring (bicyclic) bond motifs is 1. The van der Waals surface area contributed by atoms with Crippen LogP contribution in [0.1, 0.15) is 16.7 Å². The molecule has 1 fully saturated rings. The van der Waals surface area contributed by atoms with Gasteiger partial charge in [0.1, 0.15) is 0 Å². The first-order chi connectivity index (χ1) is 17.8. The van der Waals surface area contributed by atoms with Crippen molar-refractivity contribution in [3.63, 3.8) is 0 Å². The number of aryl methyl sites for hydroxylation is 2. The topological polar surface area (TPSA) is 101 Å². The van der Waals surface area contributed by atoms with Crippen LogP contribution in [-0.2, 0) is 14.8 Å². The van der Waals surface area contributed by atoms with Crippen LogP contribution in [0.25, 0.3) is 16.5 Å². The van der Waals surface area contributed by atoms with Crippen molar-refractivity contribution in [2.24, 2.45) is 4.99 Å². The lowest BCUT2D eigenvalue weighted by Crippen LogP contribution is -2.40. The molecule has 0 aliphatic carbocycles. The zero-order chi connectivity index (χ0) is 26.2. The summed E-state index contributed by atoms with van der Waals surface area (Å²) in [5.74, 6) is -0.243. The monoisotopic (exact) mass is 517 g/mol. The van der Waals surface area contributed by atoms with E-state index in [1.807, 2.05) is 26.0 Å². The summed E-state index contributed by atoms with van der Waals surface area (Å²) < 4.78 is 34.1. The number of aromatic hydroxyl groups is 1. The molecule has 37 heavy (non-hydrogen) atoms. The molecule has 0 radical (unpaired) electrons. The van der Waals surface area contributed by atoms with E-state index in [4.69, 9.17) is 4.74 Å². The van der Waals surface area contributed by atoms with Crippen LogP contribution < -0.4 is 5.56 Å². The second kappa shape index (κ2) is 9.93. The van der Waals surface area contributed by atoms with E-state index in [9.17, 15) is 18.3 Å². The summed E-state index contributed by atoms with van der Waals surface area (Å²) in [6, 6.07) is 18.9. The van der Waals surface area contributed by atoms with Crippen molar-refractivity contribution in [2.45, 2.75) is 18.7 Å². The molecule has 0 saturated carbocycles. The molecule has 5 rings (SSSR count). The van der Waals surface area contributed by atoms with Crippen molar-refractivity contribution in [3.8, 4) is 11.6 Å². The van der Waals surface area contributed by atoms with Gasteiger partial charge in [0, 0.05) is 30.1 Å². The summed E-state index contributed by atoms with van der Waals surface area (Å²) in [5, 5.41) is 12.3. The van der Waals surface area contributed by atoms with E-state index >= 15 is 0 Å². The molecule has 3 aromatic carbocycles. The molecule has 0 bridgehead atoms. The summed E-state index contributed by atoms with van der Waals surface area (Å²) in [6.07, 6.45) is 1.47. The standard InChI is InChI=1S/C28H27N3O5S/c1-19-10-11-22(16-20(19)2)31-27(32)25-9-4-3-8-24(25)26(28(31)33)18-29-21-6-5-7-23(17-21)37(34,35)30-12-14-36-15-13-30/h3-11,16-18,33H,12-15H2,1-2H3. The number of benzene rings is 3. The largest absolute Gasteiger partial charge is 0.494 e. The van der Waals surface area contributed by atoms with Crippen LogP contribution in [0.15, 0.2) is 81.4 Å². The third kappa shape index (κ3) is 4.69. The van der Waals surface area contributed by atoms with Crippen LogP contribution in [-0.4, -0.2) is 54.9 Å². The third-order valence-corrected chi connectivity index (χ3v) is 8.51. The summed E-state index contributed by atoms with van der Waals surface area (Å²) in [7, 11) is -3.68. The smallest absolute Gasteiger partial charge is 0.265 e. The molecule has 0 amide bonds. The number of pyridine rings is 1. The van der Waals surface area contributed by atoms with Crippen LogP contribution in [0.3, 0.4) is 0 Å². The van der Waals surface area contributed by atoms with Crippen molar-refractivity contribution >= 4 is 32.7 Å². The molecular formula is C28H27N3O5S. The maximum Gasteiger partial charge on any atom is 0.265 e.